The van der Waals surface area contributed by atoms with Gasteiger partial charge < -0.3 is 15.0 Å². The average Bonchev–Trinajstić information content (AvgIpc) is 3.16. The highest BCUT2D eigenvalue weighted by atomic mass is 16.4. The van der Waals surface area contributed by atoms with Crippen molar-refractivity contribution in [2.75, 3.05) is 0 Å². The number of carbonyl (C=O) groups is 2. The third kappa shape index (κ3) is 3.76. The molecule has 1 amide bonds. The first-order valence-electron chi connectivity index (χ1n) is 8.70. The molecule has 1 aliphatic rings. The molecule has 25 heavy (non-hydrogen) atoms. The second kappa shape index (κ2) is 7.13. The van der Waals surface area contributed by atoms with Gasteiger partial charge in [0.25, 0.3) is 5.91 Å². The van der Waals surface area contributed by atoms with Gasteiger partial charge in [-0.1, -0.05) is 30.3 Å². The fourth-order valence-corrected chi connectivity index (χ4v) is 3.64. The summed E-state index contributed by atoms with van der Waals surface area (Å²) in [5, 5.41) is 12.1. The van der Waals surface area contributed by atoms with E-state index in [1.807, 2.05) is 38.1 Å². The molecule has 0 spiro atoms. The molecule has 1 aliphatic carbocycles. The zero-order chi connectivity index (χ0) is 18.0. The minimum absolute atomic E-state index is 0.0502. The van der Waals surface area contributed by atoms with Crippen LogP contribution in [0.15, 0.2) is 36.4 Å². The van der Waals surface area contributed by atoms with Gasteiger partial charge >= 0.3 is 5.97 Å². The summed E-state index contributed by atoms with van der Waals surface area (Å²) in [6.45, 7) is 4.69. The predicted octanol–water partition coefficient (Wildman–Crippen LogP) is 3.14. The topological polar surface area (TPSA) is 71.3 Å². The minimum atomic E-state index is -0.766. The number of carbonyl (C=O) groups excluding carboxylic acids is 1. The van der Waals surface area contributed by atoms with E-state index in [1.54, 1.807) is 0 Å². The molecule has 0 saturated heterocycles. The minimum Gasteiger partial charge on any atom is -0.481 e. The van der Waals surface area contributed by atoms with Crippen molar-refractivity contribution in [2.45, 2.75) is 45.7 Å². The number of nitrogens with zero attached hydrogens (tertiary/aromatic N) is 1. The van der Waals surface area contributed by atoms with Crippen molar-refractivity contribution in [3.63, 3.8) is 0 Å². The van der Waals surface area contributed by atoms with E-state index >= 15 is 0 Å². The molecule has 3 rings (SSSR count). The van der Waals surface area contributed by atoms with Crippen LogP contribution in [0.5, 0.6) is 0 Å². The summed E-state index contributed by atoms with van der Waals surface area (Å²) in [7, 11) is 0. The first kappa shape index (κ1) is 17.3. The number of carboxylic acid groups (broad SMARTS) is 1. The Kier molecular flexibility index (Phi) is 4.93. The van der Waals surface area contributed by atoms with Crippen LogP contribution in [-0.4, -0.2) is 27.6 Å². The van der Waals surface area contributed by atoms with Crippen LogP contribution in [0.3, 0.4) is 0 Å². The Labute approximate surface area is 147 Å². The van der Waals surface area contributed by atoms with Crippen LogP contribution in [0.4, 0.5) is 0 Å². The Hall–Kier alpha value is -2.56. The van der Waals surface area contributed by atoms with E-state index < -0.39 is 5.97 Å². The lowest BCUT2D eigenvalue weighted by Gasteiger charge is -2.13. The summed E-state index contributed by atoms with van der Waals surface area (Å²) in [5.74, 6) is -1.21. The second-order valence-corrected chi connectivity index (χ2v) is 6.88. The van der Waals surface area contributed by atoms with E-state index in [1.165, 1.54) is 5.56 Å². The van der Waals surface area contributed by atoms with Crippen LogP contribution in [0.2, 0.25) is 0 Å². The molecule has 1 saturated carbocycles. The van der Waals surface area contributed by atoms with Gasteiger partial charge in [-0.2, -0.15) is 0 Å². The first-order valence-corrected chi connectivity index (χ1v) is 8.70. The number of nitrogens with one attached hydrogen (secondary N) is 1. The summed E-state index contributed by atoms with van der Waals surface area (Å²) in [5.41, 5.74) is 3.84. The molecule has 1 aromatic heterocycles. The number of amides is 1. The van der Waals surface area contributed by atoms with Crippen molar-refractivity contribution in [3.8, 4) is 0 Å². The lowest BCUT2D eigenvalue weighted by atomic mass is 10.1. The third-order valence-electron chi connectivity index (χ3n) is 5.12. The summed E-state index contributed by atoms with van der Waals surface area (Å²) in [6.07, 6.45) is 1.88. The molecular formula is C20H24N2O3. The largest absolute Gasteiger partial charge is 0.481 e. The van der Waals surface area contributed by atoms with Gasteiger partial charge in [0.05, 0.1) is 11.5 Å². The smallest absolute Gasteiger partial charge is 0.306 e. The number of aliphatic carboxylic acids is 1. The monoisotopic (exact) mass is 340 g/mol. The molecule has 1 heterocycles. The van der Waals surface area contributed by atoms with Crippen molar-refractivity contribution in [2.24, 2.45) is 5.92 Å². The lowest BCUT2D eigenvalue weighted by Crippen LogP contribution is -2.33. The Morgan fingerprint density at radius 3 is 2.56 bits per heavy atom. The van der Waals surface area contributed by atoms with Crippen molar-refractivity contribution in [1.82, 2.24) is 9.88 Å². The Balaban J connectivity index is 1.71. The predicted molar refractivity (Wildman–Crippen MR) is 95.7 cm³/mol. The second-order valence-electron chi connectivity index (χ2n) is 6.88. The first-order chi connectivity index (χ1) is 12.0. The molecule has 2 atom stereocenters. The maximum absolute atomic E-state index is 12.6. The highest BCUT2D eigenvalue weighted by molar-refractivity contribution is 5.96. The van der Waals surface area contributed by atoms with Gasteiger partial charge in [-0.25, -0.2) is 0 Å². The van der Waals surface area contributed by atoms with Gasteiger partial charge in [0, 0.05) is 24.0 Å². The number of hydrogen-bond acceptors (Lipinski definition) is 2. The number of aromatic nitrogens is 1. The van der Waals surface area contributed by atoms with Gasteiger partial charge in [-0.15, -0.1) is 0 Å². The fraction of sp³-hybridized carbons (Fsp3) is 0.400. The zero-order valence-electron chi connectivity index (χ0n) is 14.7. The van der Waals surface area contributed by atoms with E-state index in [0.717, 1.165) is 24.4 Å². The van der Waals surface area contributed by atoms with Gasteiger partial charge in [0.2, 0.25) is 0 Å². The van der Waals surface area contributed by atoms with Gasteiger partial charge in [-0.3, -0.25) is 9.59 Å². The molecule has 5 nitrogen and oxygen atoms in total. The molecular weight excluding hydrogens is 316 g/mol. The summed E-state index contributed by atoms with van der Waals surface area (Å²) in [6, 6.07) is 12.0. The van der Waals surface area contributed by atoms with Crippen LogP contribution in [0.25, 0.3) is 0 Å². The molecule has 2 aromatic rings. The van der Waals surface area contributed by atoms with E-state index in [9.17, 15) is 9.59 Å². The number of benzene rings is 1. The summed E-state index contributed by atoms with van der Waals surface area (Å²) in [4.78, 5) is 23.7. The van der Waals surface area contributed by atoms with E-state index in [-0.39, 0.29) is 17.9 Å². The Morgan fingerprint density at radius 2 is 1.92 bits per heavy atom. The fourth-order valence-electron chi connectivity index (χ4n) is 3.64. The molecule has 5 heteroatoms. The number of aryl methyl sites for hydroxylation is 1. The lowest BCUT2D eigenvalue weighted by molar-refractivity contribution is -0.141. The molecule has 132 valence electrons. The highest BCUT2D eigenvalue weighted by Crippen LogP contribution is 2.26. The van der Waals surface area contributed by atoms with Gasteiger partial charge in [0.15, 0.2) is 0 Å². The van der Waals surface area contributed by atoms with E-state index in [0.29, 0.717) is 18.4 Å². The maximum Gasteiger partial charge on any atom is 0.306 e. The molecule has 2 N–H and O–H groups in total. The summed E-state index contributed by atoms with van der Waals surface area (Å²) < 4.78 is 2.14. The van der Waals surface area contributed by atoms with Crippen molar-refractivity contribution < 1.29 is 14.7 Å². The van der Waals surface area contributed by atoms with Crippen LogP contribution in [0.1, 0.15) is 46.6 Å². The number of hydrogen-bond donors (Lipinski definition) is 2. The standard InChI is InChI=1S/C20H24N2O3/c1-13-10-18(14(2)22(13)12-15-6-4-3-5-7-15)19(23)21-17-9-8-16(11-17)20(24)25/h3-7,10,16-17H,8-9,11-12H2,1-2H3,(H,21,23)(H,24,25)/t16-,17+/m1/s1. The average molecular weight is 340 g/mol. The third-order valence-corrected chi connectivity index (χ3v) is 5.12. The van der Waals surface area contributed by atoms with Crippen LogP contribution in [-0.2, 0) is 11.3 Å². The van der Waals surface area contributed by atoms with E-state index in [4.69, 9.17) is 5.11 Å². The molecule has 0 radical (unpaired) electrons. The summed E-state index contributed by atoms with van der Waals surface area (Å²) >= 11 is 0. The quantitative estimate of drug-likeness (QED) is 0.878. The highest BCUT2D eigenvalue weighted by Gasteiger charge is 2.31. The van der Waals surface area contributed by atoms with E-state index in [2.05, 4.69) is 22.0 Å². The number of carboxylic acids is 1. The van der Waals surface area contributed by atoms with Crippen LogP contribution in [0, 0.1) is 19.8 Å². The molecule has 0 aliphatic heterocycles. The normalized spacial score (nSPS) is 19.8. The van der Waals surface area contributed by atoms with Crippen LogP contribution < -0.4 is 5.32 Å². The number of rotatable bonds is 5. The van der Waals surface area contributed by atoms with Crippen molar-refractivity contribution in [1.29, 1.82) is 0 Å². The Morgan fingerprint density at radius 1 is 1.20 bits per heavy atom. The Bertz CT molecular complexity index is 780. The zero-order valence-corrected chi connectivity index (χ0v) is 14.7. The van der Waals surface area contributed by atoms with Crippen LogP contribution >= 0.6 is 0 Å². The van der Waals surface area contributed by atoms with Gasteiger partial charge in [0.1, 0.15) is 0 Å². The molecule has 1 aromatic carbocycles. The SMILES string of the molecule is Cc1cc(C(=O)N[C@H]2CC[C@@H](C(=O)O)C2)c(C)n1Cc1ccccc1. The van der Waals surface area contributed by atoms with Crippen molar-refractivity contribution >= 4 is 11.9 Å². The maximum atomic E-state index is 12.6. The van der Waals surface area contributed by atoms with Crippen molar-refractivity contribution in [3.05, 3.63) is 58.9 Å². The van der Waals surface area contributed by atoms with Gasteiger partial charge in [-0.05, 0) is 44.7 Å². The molecule has 0 bridgehead atoms. The molecule has 1 fully saturated rings. The molecule has 0 unspecified atom stereocenters.